The summed E-state index contributed by atoms with van der Waals surface area (Å²) < 4.78 is 19.6. The summed E-state index contributed by atoms with van der Waals surface area (Å²) in [5.74, 6) is -0.915. The lowest BCUT2D eigenvalue weighted by molar-refractivity contribution is -0.391. The van der Waals surface area contributed by atoms with E-state index in [2.05, 4.69) is 4.98 Å². The van der Waals surface area contributed by atoms with E-state index < -0.39 is 10.7 Å². The summed E-state index contributed by atoms with van der Waals surface area (Å²) in [7, 11) is 0. The van der Waals surface area contributed by atoms with E-state index in [0.717, 1.165) is 12.1 Å². The third kappa shape index (κ3) is 2.08. The number of nitrogens with zero attached hydrogens (tertiary/aromatic N) is 3. The van der Waals surface area contributed by atoms with Gasteiger partial charge in [0.25, 0.3) is 4.96 Å². The Morgan fingerprint density at radius 1 is 1.50 bits per heavy atom. The van der Waals surface area contributed by atoms with Crippen LogP contribution >= 0.6 is 22.9 Å². The number of hydrogen-bond acceptors (Lipinski definition) is 5. The minimum Gasteiger partial charge on any atom is -0.431 e. The molecule has 20 heavy (non-hydrogen) atoms. The van der Waals surface area contributed by atoms with Gasteiger partial charge in [-0.1, -0.05) is 22.9 Å². The molecule has 0 N–H and O–H groups in total. The van der Waals surface area contributed by atoms with E-state index in [9.17, 15) is 14.5 Å². The van der Waals surface area contributed by atoms with Gasteiger partial charge in [0, 0.05) is 5.38 Å². The lowest BCUT2D eigenvalue weighted by atomic mass is 10.3. The molecule has 2 heterocycles. The Morgan fingerprint density at radius 3 is 3.00 bits per heavy atom. The fraction of sp³-hybridized carbons (Fsp3) is 0. The van der Waals surface area contributed by atoms with Crippen LogP contribution in [0.5, 0.6) is 11.6 Å². The van der Waals surface area contributed by atoms with Crippen molar-refractivity contribution in [3.05, 3.63) is 50.7 Å². The van der Waals surface area contributed by atoms with Crippen LogP contribution in [0.4, 0.5) is 10.2 Å². The predicted octanol–water partition coefficient (Wildman–Crippen LogP) is 3.89. The van der Waals surface area contributed by atoms with Gasteiger partial charge >= 0.3 is 11.7 Å². The number of hydrogen-bond donors (Lipinski definition) is 0. The van der Waals surface area contributed by atoms with Crippen molar-refractivity contribution in [2.24, 2.45) is 0 Å². The average Bonchev–Trinajstić information content (AvgIpc) is 2.91. The Bertz CT molecular complexity index is 816. The van der Waals surface area contributed by atoms with Crippen LogP contribution in [-0.4, -0.2) is 14.3 Å². The second-order valence-electron chi connectivity index (χ2n) is 3.73. The number of rotatable bonds is 3. The third-order valence-corrected chi connectivity index (χ3v) is 3.53. The topological polar surface area (TPSA) is 69.7 Å². The molecule has 0 saturated carbocycles. The molecule has 0 amide bonds. The number of benzene rings is 1. The van der Waals surface area contributed by atoms with Crippen LogP contribution in [0.3, 0.4) is 0 Å². The van der Waals surface area contributed by atoms with E-state index in [1.165, 1.54) is 28.0 Å². The highest BCUT2D eigenvalue weighted by atomic mass is 35.5. The Balaban J connectivity index is 2.08. The Kier molecular flexibility index (Phi) is 3.03. The highest BCUT2D eigenvalue weighted by molar-refractivity contribution is 7.15. The normalized spacial score (nSPS) is 10.9. The lowest BCUT2D eigenvalue weighted by Gasteiger charge is -2.04. The molecule has 0 aliphatic rings. The minimum atomic E-state index is -0.598. The quantitative estimate of drug-likeness (QED) is 0.543. The monoisotopic (exact) mass is 313 g/mol. The first-order chi connectivity index (χ1) is 9.56. The fourth-order valence-electron chi connectivity index (χ4n) is 1.65. The van der Waals surface area contributed by atoms with Crippen LogP contribution in [0.1, 0.15) is 0 Å². The SMILES string of the molecule is O=[N+]([O-])c1c(Oc2ccc(F)cc2Cl)nc2sccn12. The van der Waals surface area contributed by atoms with Crippen LogP contribution in [0.25, 0.3) is 4.96 Å². The first kappa shape index (κ1) is 12.8. The van der Waals surface area contributed by atoms with E-state index in [1.54, 1.807) is 5.38 Å². The summed E-state index contributed by atoms with van der Waals surface area (Å²) in [6, 6.07) is 3.49. The molecule has 3 aromatic rings. The maximum absolute atomic E-state index is 12.9. The maximum Gasteiger partial charge on any atom is 0.393 e. The zero-order valence-electron chi connectivity index (χ0n) is 9.62. The van der Waals surface area contributed by atoms with E-state index >= 15 is 0 Å². The summed E-state index contributed by atoms with van der Waals surface area (Å²) in [4.78, 5) is 14.9. The standard InChI is InChI=1S/C11H5ClFN3O3S/c12-7-5-6(13)1-2-8(7)19-9-10(16(17)18)15-3-4-20-11(15)14-9/h1-5H. The smallest absolute Gasteiger partial charge is 0.393 e. The second kappa shape index (κ2) is 4.73. The zero-order valence-corrected chi connectivity index (χ0v) is 11.2. The predicted molar refractivity (Wildman–Crippen MR) is 71.2 cm³/mol. The minimum absolute atomic E-state index is 0.00986. The van der Waals surface area contributed by atoms with E-state index in [4.69, 9.17) is 16.3 Å². The van der Waals surface area contributed by atoms with Gasteiger partial charge < -0.3 is 14.9 Å². The molecule has 0 aliphatic carbocycles. The highest BCUT2D eigenvalue weighted by Gasteiger charge is 2.26. The second-order valence-corrected chi connectivity index (χ2v) is 5.01. The van der Waals surface area contributed by atoms with Gasteiger partial charge in [-0.05, 0) is 23.1 Å². The molecule has 0 aliphatic heterocycles. The number of aromatic nitrogens is 2. The van der Waals surface area contributed by atoms with Gasteiger partial charge in [0.05, 0.1) is 5.02 Å². The van der Waals surface area contributed by atoms with Crippen LogP contribution < -0.4 is 4.74 Å². The third-order valence-electron chi connectivity index (χ3n) is 2.48. The summed E-state index contributed by atoms with van der Waals surface area (Å²) in [6.45, 7) is 0. The van der Waals surface area contributed by atoms with E-state index in [-0.39, 0.29) is 22.5 Å². The van der Waals surface area contributed by atoms with Crippen LogP contribution in [0.2, 0.25) is 5.02 Å². The fourth-order valence-corrected chi connectivity index (χ4v) is 2.56. The van der Waals surface area contributed by atoms with Crippen molar-refractivity contribution < 1.29 is 14.1 Å². The molecule has 2 aromatic heterocycles. The van der Waals surface area contributed by atoms with E-state index in [1.807, 2.05) is 0 Å². The molecular formula is C11H5ClFN3O3S. The zero-order chi connectivity index (χ0) is 14.3. The molecule has 0 spiro atoms. The average molecular weight is 314 g/mol. The number of imidazole rings is 1. The molecular weight excluding hydrogens is 309 g/mol. The van der Waals surface area contributed by atoms with Gasteiger partial charge in [-0.15, -0.1) is 0 Å². The molecule has 0 bridgehead atoms. The molecule has 9 heteroatoms. The molecule has 3 rings (SSSR count). The lowest BCUT2D eigenvalue weighted by Crippen LogP contribution is -1.95. The maximum atomic E-state index is 12.9. The Morgan fingerprint density at radius 2 is 2.30 bits per heavy atom. The number of ether oxygens (including phenoxy) is 1. The number of nitro groups is 1. The summed E-state index contributed by atoms with van der Waals surface area (Å²) in [6.07, 6.45) is 1.52. The first-order valence-electron chi connectivity index (χ1n) is 5.29. The van der Waals surface area contributed by atoms with Crippen molar-refractivity contribution in [1.82, 2.24) is 9.38 Å². The molecule has 102 valence electrons. The van der Waals surface area contributed by atoms with Gasteiger partial charge in [0.15, 0.2) is 0 Å². The van der Waals surface area contributed by atoms with Crippen molar-refractivity contribution in [3.63, 3.8) is 0 Å². The first-order valence-corrected chi connectivity index (χ1v) is 6.55. The van der Waals surface area contributed by atoms with Crippen molar-refractivity contribution in [2.45, 2.75) is 0 Å². The highest BCUT2D eigenvalue weighted by Crippen LogP contribution is 2.36. The number of thiazole rings is 1. The number of fused-ring (bicyclic) bond motifs is 1. The Labute approximate surface area is 120 Å². The van der Waals surface area contributed by atoms with Crippen LogP contribution in [-0.2, 0) is 0 Å². The van der Waals surface area contributed by atoms with Gasteiger partial charge in [-0.2, -0.15) is 9.38 Å². The summed E-state index contributed by atoms with van der Waals surface area (Å²) in [5.41, 5.74) is 0. The van der Waals surface area contributed by atoms with Gasteiger partial charge in [-0.3, -0.25) is 0 Å². The summed E-state index contributed by atoms with van der Waals surface area (Å²) >= 11 is 7.05. The molecule has 0 radical (unpaired) electrons. The van der Waals surface area contributed by atoms with Crippen molar-refractivity contribution in [1.29, 1.82) is 0 Å². The van der Waals surface area contributed by atoms with Gasteiger partial charge in [-0.25, -0.2) is 4.39 Å². The molecule has 1 aromatic carbocycles. The van der Waals surface area contributed by atoms with Crippen molar-refractivity contribution in [2.75, 3.05) is 0 Å². The van der Waals surface area contributed by atoms with Crippen molar-refractivity contribution >= 4 is 33.7 Å². The summed E-state index contributed by atoms with van der Waals surface area (Å²) in [5, 5.41) is 12.8. The van der Waals surface area contributed by atoms with Crippen LogP contribution in [0, 0.1) is 15.9 Å². The Hall–Kier alpha value is -2.19. The van der Waals surface area contributed by atoms with Gasteiger partial charge in [0.2, 0.25) is 0 Å². The van der Waals surface area contributed by atoms with E-state index in [0.29, 0.717) is 4.96 Å². The van der Waals surface area contributed by atoms with Crippen molar-refractivity contribution in [3.8, 4) is 11.6 Å². The van der Waals surface area contributed by atoms with Crippen LogP contribution in [0.15, 0.2) is 29.8 Å². The molecule has 6 nitrogen and oxygen atoms in total. The molecule has 0 saturated heterocycles. The molecule has 0 atom stereocenters. The van der Waals surface area contributed by atoms with Gasteiger partial charge in [0.1, 0.15) is 17.8 Å². The largest absolute Gasteiger partial charge is 0.431 e. The molecule has 0 unspecified atom stereocenters. The molecule has 0 fully saturated rings. The number of halogens is 2.